The van der Waals surface area contributed by atoms with E-state index in [1.807, 2.05) is 6.92 Å². The lowest BCUT2D eigenvalue weighted by molar-refractivity contribution is -0.108. The molecule has 4 nitrogen and oxygen atoms in total. The van der Waals surface area contributed by atoms with Crippen molar-refractivity contribution in [2.24, 2.45) is 10.9 Å². The van der Waals surface area contributed by atoms with E-state index in [1.165, 1.54) is 0 Å². The Morgan fingerprint density at radius 1 is 1.53 bits per heavy atom. The lowest BCUT2D eigenvalue weighted by atomic mass is 9.94. The molecule has 0 bridgehead atoms. The largest absolute Gasteiger partial charge is 0.357 e. The van der Waals surface area contributed by atoms with Gasteiger partial charge in [-0.25, -0.2) is 4.99 Å². The Labute approximate surface area is 103 Å². The first-order valence-corrected chi connectivity index (χ1v) is 6.16. The van der Waals surface area contributed by atoms with E-state index in [4.69, 9.17) is 5.41 Å². The summed E-state index contributed by atoms with van der Waals surface area (Å²) >= 11 is 0. The van der Waals surface area contributed by atoms with E-state index in [-0.39, 0.29) is 0 Å². The quantitative estimate of drug-likeness (QED) is 0.567. The van der Waals surface area contributed by atoms with Gasteiger partial charge in [-0.2, -0.15) is 0 Å². The van der Waals surface area contributed by atoms with Crippen molar-refractivity contribution < 1.29 is 4.79 Å². The van der Waals surface area contributed by atoms with Gasteiger partial charge in [-0.15, -0.1) is 0 Å². The third kappa shape index (κ3) is 4.51. The minimum absolute atomic E-state index is 0.516. The van der Waals surface area contributed by atoms with E-state index in [1.54, 1.807) is 6.21 Å². The molecule has 0 unspecified atom stereocenters. The third-order valence-corrected chi connectivity index (χ3v) is 3.16. The number of aliphatic imine (C=N–C) groups is 1. The van der Waals surface area contributed by atoms with Crippen molar-refractivity contribution in [3.8, 4) is 0 Å². The molecule has 0 aromatic rings. The van der Waals surface area contributed by atoms with E-state index in [0.29, 0.717) is 24.5 Å². The maximum Gasteiger partial charge on any atom is 0.121 e. The average Bonchev–Trinajstić information content (AvgIpc) is 2.36. The highest BCUT2D eigenvalue weighted by molar-refractivity contribution is 6.29. The number of carbonyl (C=O) groups excluding carboxylic acids is 1. The molecule has 4 heteroatoms. The fourth-order valence-corrected chi connectivity index (χ4v) is 1.89. The van der Waals surface area contributed by atoms with Crippen LogP contribution in [-0.4, -0.2) is 36.2 Å². The van der Waals surface area contributed by atoms with Gasteiger partial charge in [0, 0.05) is 31.4 Å². The van der Waals surface area contributed by atoms with E-state index < -0.39 is 0 Å². The van der Waals surface area contributed by atoms with Crippen LogP contribution in [-0.2, 0) is 4.79 Å². The molecule has 1 rings (SSSR count). The van der Waals surface area contributed by atoms with Gasteiger partial charge in [0.25, 0.3) is 0 Å². The Morgan fingerprint density at radius 3 is 2.71 bits per heavy atom. The van der Waals surface area contributed by atoms with Crippen molar-refractivity contribution in [1.29, 1.82) is 5.41 Å². The van der Waals surface area contributed by atoms with Gasteiger partial charge in [0.1, 0.15) is 12.1 Å². The van der Waals surface area contributed by atoms with Crippen LogP contribution in [0.4, 0.5) is 0 Å². The summed E-state index contributed by atoms with van der Waals surface area (Å²) in [5.41, 5.74) is 0.516. The summed E-state index contributed by atoms with van der Waals surface area (Å²) in [6.45, 7) is 7.67. The maximum atomic E-state index is 10.4. The van der Waals surface area contributed by atoms with Crippen LogP contribution in [0.1, 0.15) is 32.6 Å². The summed E-state index contributed by atoms with van der Waals surface area (Å²) in [5.74, 6) is 1.25. The molecular weight excluding hydrogens is 214 g/mol. The number of hydrogen-bond donors (Lipinski definition) is 1. The maximum absolute atomic E-state index is 10.4. The molecule has 0 saturated carbocycles. The Balaban J connectivity index is 2.38. The predicted octanol–water partition coefficient (Wildman–Crippen LogP) is 2.26. The topological polar surface area (TPSA) is 56.5 Å². The molecule has 0 atom stereocenters. The van der Waals surface area contributed by atoms with Crippen LogP contribution in [0.5, 0.6) is 0 Å². The van der Waals surface area contributed by atoms with Crippen LogP contribution in [0.2, 0.25) is 0 Å². The first-order chi connectivity index (χ1) is 8.17. The van der Waals surface area contributed by atoms with Crippen molar-refractivity contribution in [2.45, 2.75) is 32.6 Å². The lowest BCUT2D eigenvalue weighted by Crippen LogP contribution is -2.32. The normalized spacial score (nSPS) is 17.4. The molecule has 0 amide bonds. The van der Waals surface area contributed by atoms with Gasteiger partial charge in [-0.05, 0) is 25.2 Å². The van der Waals surface area contributed by atoms with Gasteiger partial charge in [0.2, 0.25) is 0 Å². The summed E-state index contributed by atoms with van der Waals surface area (Å²) < 4.78 is 0. The van der Waals surface area contributed by atoms with Crippen LogP contribution < -0.4 is 0 Å². The number of nitrogens with zero attached hydrogens (tertiary/aromatic N) is 2. The average molecular weight is 235 g/mol. The molecule has 1 N–H and O–H groups in total. The summed E-state index contributed by atoms with van der Waals surface area (Å²) in [7, 11) is 0. The molecule has 1 heterocycles. The third-order valence-electron chi connectivity index (χ3n) is 3.16. The Kier molecular flexibility index (Phi) is 5.60. The molecule has 0 aliphatic carbocycles. The molecule has 1 aliphatic rings. The minimum Gasteiger partial charge on any atom is -0.357 e. The Morgan fingerprint density at radius 2 is 2.18 bits per heavy atom. The minimum atomic E-state index is 0.516. The zero-order valence-electron chi connectivity index (χ0n) is 10.5. The monoisotopic (exact) mass is 235 g/mol. The molecule has 0 aromatic carbocycles. The van der Waals surface area contributed by atoms with Crippen LogP contribution in [0.3, 0.4) is 0 Å². The van der Waals surface area contributed by atoms with Gasteiger partial charge in [0.05, 0.1) is 0 Å². The second-order valence-corrected chi connectivity index (χ2v) is 4.39. The number of carbonyl (C=O) groups is 1. The first kappa shape index (κ1) is 13.6. The summed E-state index contributed by atoms with van der Waals surface area (Å²) in [6, 6.07) is 0. The molecule has 0 aromatic heterocycles. The van der Waals surface area contributed by atoms with Crippen molar-refractivity contribution in [3.05, 3.63) is 12.4 Å². The number of piperidine rings is 1. The fourth-order valence-electron chi connectivity index (χ4n) is 1.89. The van der Waals surface area contributed by atoms with Crippen LogP contribution in [0, 0.1) is 11.3 Å². The molecular formula is C13H21N3O. The van der Waals surface area contributed by atoms with Crippen molar-refractivity contribution in [1.82, 2.24) is 4.90 Å². The molecule has 1 fully saturated rings. The van der Waals surface area contributed by atoms with Crippen LogP contribution in [0.15, 0.2) is 17.4 Å². The van der Waals surface area contributed by atoms with Gasteiger partial charge in [-0.1, -0.05) is 13.5 Å². The zero-order valence-corrected chi connectivity index (χ0v) is 10.5. The van der Waals surface area contributed by atoms with Gasteiger partial charge in [0.15, 0.2) is 0 Å². The standard InChI is InChI=1S/C13H21N3O/c1-3-13(14)10-15-11(2)16-7-4-12(5-8-16)6-9-17/h9-10,12,14H,2-8H2,1H3/b14-13?,15-10-. The fraction of sp³-hybridized carbons (Fsp3) is 0.615. The molecule has 0 spiro atoms. The number of likely N-dealkylation sites (tertiary alicyclic amines) is 1. The zero-order chi connectivity index (χ0) is 12.7. The van der Waals surface area contributed by atoms with Gasteiger partial charge in [-0.3, -0.25) is 0 Å². The number of aldehydes is 1. The molecule has 1 saturated heterocycles. The summed E-state index contributed by atoms with van der Waals surface area (Å²) in [4.78, 5) is 16.7. The second kappa shape index (κ2) is 6.99. The summed E-state index contributed by atoms with van der Waals surface area (Å²) in [6.07, 6.45) is 6.00. The number of rotatable bonds is 6. The number of nitrogens with one attached hydrogen (secondary N) is 1. The van der Waals surface area contributed by atoms with Gasteiger partial charge < -0.3 is 15.1 Å². The van der Waals surface area contributed by atoms with Crippen molar-refractivity contribution >= 4 is 18.2 Å². The molecule has 1 aliphatic heterocycles. The summed E-state index contributed by atoms with van der Waals surface area (Å²) in [5, 5.41) is 7.48. The number of hydrogen-bond acceptors (Lipinski definition) is 4. The van der Waals surface area contributed by atoms with E-state index in [2.05, 4.69) is 16.5 Å². The van der Waals surface area contributed by atoms with Crippen molar-refractivity contribution in [2.75, 3.05) is 13.1 Å². The highest BCUT2D eigenvalue weighted by atomic mass is 16.1. The first-order valence-electron chi connectivity index (χ1n) is 6.16. The Hall–Kier alpha value is -1.45. The highest BCUT2D eigenvalue weighted by Gasteiger charge is 2.19. The highest BCUT2D eigenvalue weighted by Crippen LogP contribution is 2.21. The second-order valence-electron chi connectivity index (χ2n) is 4.39. The predicted molar refractivity (Wildman–Crippen MR) is 70.6 cm³/mol. The SMILES string of the molecule is C=C(/N=C\C(=N)CC)N1CCC(CC=O)CC1. The smallest absolute Gasteiger partial charge is 0.121 e. The molecule has 94 valence electrons. The van der Waals surface area contributed by atoms with Crippen LogP contribution in [0.25, 0.3) is 0 Å². The van der Waals surface area contributed by atoms with E-state index in [9.17, 15) is 4.79 Å². The van der Waals surface area contributed by atoms with E-state index >= 15 is 0 Å². The molecule has 17 heavy (non-hydrogen) atoms. The van der Waals surface area contributed by atoms with Crippen LogP contribution >= 0.6 is 0 Å². The lowest BCUT2D eigenvalue weighted by Gasteiger charge is -2.32. The molecule has 0 radical (unpaired) electrons. The van der Waals surface area contributed by atoms with Gasteiger partial charge >= 0.3 is 0 Å². The Bertz CT molecular complexity index is 315. The van der Waals surface area contributed by atoms with E-state index in [0.717, 1.165) is 38.0 Å². The van der Waals surface area contributed by atoms with Crippen molar-refractivity contribution in [3.63, 3.8) is 0 Å².